The van der Waals surface area contributed by atoms with Crippen LogP contribution in [0.25, 0.3) is 11.4 Å². The minimum absolute atomic E-state index is 0.0129. The lowest BCUT2D eigenvalue weighted by atomic mass is 9.98. The second-order valence-electron chi connectivity index (χ2n) is 8.67. The zero-order valence-electron chi connectivity index (χ0n) is 20.8. The molecule has 0 spiro atoms. The number of benzene rings is 4. The summed E-state index contributed by atoms with van der Waals surface area (Å²) in [6, 6.07) is 36.1. The number of nitrogens with zero attached hydrogens (tertiary/aromatic N) is 4. The molecule has 0 fully saturated rings. The maximum atomic E-state index is 13.3. The molecule has 0 unspecified atom stereocenters. The zero-order chi connectivity index (χ0) is 26.3. The van der Waals surface area contributed by atoms with Crippen LogP contribution in [0.1, 0.15) is 33.9 Å². The van der Waals surface area contributed by atoms with Crippen LogP contribution in [-0.2, 0) is 0 Å². The number of Topliss-reactive ketones (excluding diaryl/α,β-unsaturated/α-hetero) is 1. The number of carbonyl (C=O) groups is 1. The molecule has 4 aromatic carbocycles. The highest BCUT2D eigenvalue weighted by Crippen LogP contribution is 2.27. The van der Waals surface area contributed by atoms with Crippen LogP contribution in [0.4, 0.5) is 0 Å². The van der Waals surface area contributed by atoms with Crippen LogP contribution < -0.4 is 4.74 Å². The lowest BCUT2D eigenvalue weighted by Gasteiger charge is -2.17. The van der Waals surface area contributed by atoms with Crippen molar-refractivity contribution in [2.75, 3.05) is 7.11 Å². The van der Waals surface area contributed by atoms with Gasteiger partial charge in [0.25, 0.3) is 0 Å². The van der Waals surface area contributed by atoms with Gasteiger partial charge in [-0.05, 0) is 47.6 Å². The summed E-state index contributed by atoms with van der Waals surface area (Å²) in [6.07, 6.45) is 1.94. The first-order chi connectivity index (χ1) is 18.6. The molecule has 0 aliphatic carbocycles. The van der Waals surface area contributed by atoms with Crippen molar-refractivity contribution >= 4 is 24.2 Å². The van der Waals surface area contributed by atoms with Gasteiger partial charge < -0.3 is 4.74 Å². The first-order valence-electron chi connectivity index (χ1n) is 12.2. The maximum Gasteiger partial charge on any atom is 0.220 e. The lowest BCUT2D eigenvalue weighted by molar-refractivity contribution is 0.0967. The van der Waals surface area contributed by atoms with E-state index in [1.54, 1.807) is 22.7 Å². The Morgan fingerprint density at radius 1 is 0.895 bits per heavy atom. The zero-order valence-corrected chi connectivity index (χ0v) is 21.7. The van der Waals surface area contributed by atoms with Gasteiger partial charge in [0, 0.05) is 17.5 Å². The average Bonchev–Trinajstić information content (AvgIpc) is 3.31. The number of hydrogen-bond donors (Lipinski definition) is 0. The van der Waals surface area contributed by atoms with E-state index in [0.29, 0.717) is 16.2 Å². The van der Waals surface area contributed by atoms with Crippen LogP contribution in [0.2, 0.25) is 0 Å². The first-order valence-corrected chi connectivity index (χ1v) is 12.6. The molecular formula is C31H26N4O2S. The number of carbonyl (C=O) groups excluding carboxylic acids is 1. The molecule has 0 bridgehead atoms. The third-order valence-corrected chi connectivity index (χ3v) is 6.56. The molecule has 38 heavy (non-hydrogen) atoms. The minimum atomic E-state index is -0.406. The first kappa shape index (κ1) is 25.0. The Bertz CT molecular complexity index is 1590. The summed E-state index contributed by atoms with van der Waals surface area (Å²) in [5.74, 6) is 1.37. The summed E-state index contributed by atoms with van der Waals surface area (Å²) in [6.45, 7) is 0. The SMILES string of the molecule is COc1ccc(/C=N/n2c(-c3ccccc3)nn([C@@H](CC(=O)c3ccccc3)c3ccccc3)c2=S)cc1. The molecule has 0 saturated carbocycles. The van der Waals surface area contributed by atoms with Crippen molar-refractivity contribution < 1.29 is 9.53 Å². The molecule has 0 aliphatic heterocycles. The fourth-order valence-electron chi connectivity index (χ4n) is 4.20. The van der Waals surface area contributed by atoms with E-state index < -0.39 is 6.04 Å². The topological polar surface area (TPSA) is 61.4 Å². The lowest BCUT2D eigenvalue weighted by Crippen LogP contribution is -2.17. The molecule has 6 nitrogen and oxygen atoms in total. The van der Waals surface area contributed by atoms with Gasteiger partial charge in [-0.3, -0.25) is 4.79 Å². The Morgan fingerprint density at radius 3 is 2.13 bits per heavy atom. The molecule has 0 radical (unpaired) electrons. The Hall–Kier alpha value is -4.62. The van der Waals surface area contributed by atoms with E-state index >= 15 is 0 Å². The van der Waals surface area contributed by atoms with Crippen LogP contribution in [0.15, 0.2) is 120 Å². The molecule has 0 aliphatic rings. The van der Waals surface area contributed by atoms with E-state index in [0.717, 1.165) is 22.4 Å². The Labute approximate surface area is 226 Å². The van der Waals surface area contributed by atoms with Crippen LogP contribution in [-0.4, -0.2) is 33.6 Å². The number of hydrogen-bond acceptors (Lipinski definition) is 5. The molecule has 1 atom stereocenters. The normalized spacial score (nSPS) is 11.9. The fraction of sp³-hybridized carbons (Fsp3) is 0.0968. The molecule has 5 rings (SSSR count). The van der Waals surface area contributed by atoms with Crippen molar-refractivity contribution in [3.05, 3.63) is 137 Å². The molecule has 188 valence electrons. The van der Waals surface area contributed by atoms with Crippen LogP contribution in [0.5, 0.6) is 5.75 Å². The molecular weight excluding hydrogens is 492 g/mol. The fourth-order valence-corrected chi connectivity index (χ4v) is 4.50. The largest absolute Gasteiger partial charge is 0.497 e. The van der Waals surface area contributed by atoms with Crippen LogP contribution >= 0.6 is 12.2 Å². The van der Waals surface area contributed by atoms with Gasteiger partial charge in [-0.15, -0.1) is 5.10 Å². The Morgan fingerprint density at radius 2 is 1.50 bits per heavy atom. The Balaban J connectivity index is 1.61. The number of methoxy groups -OCH3 is 1. The summed E-state index contributed by atoms with van der Waals surface area (Å²) in [7, 11) is 1.63. The van der Waals surface area contributed by atoms with Crippen molar-refractivity contribution in [1.82, 2.24) is 14.5 Å². The van der Waals surface area contributed by atoms with Crippen molar-refractivity contribution in [1.29, 1.82) is 0 Å². The summed E-state index contributed by atoms with van der Waals surface area (Å²) in [4.78, 5) is 13.3. The predicted octanol–water partition coefficient (Wildman–Crippen LogP) is 6.83. The van der Waals surface area contributed by atoms with E-state index in [9.17, 15) is 4.79 Å². The molecule has 0 amide bonds. The number of ketones is 1. The predicted molar refractivity (Wildman–Crippen MR) is 152 cm³/mol. The smallest absolute Gasteiger partial charge is 0.220 e. The van der Waals surface area contributed by atoms with E-state index in [1.807, 2.05) is 115 Å². The maximum absolute atomic E-state index is 13.3. The quantitative estimate of drug-likeness (QED) is 0.122. The van der Waals surface area contributed by atoms with Crippen molar-refractivity contribution in [2.24, 2.45) is 5.10 Å². The summed E-state index contributed by atoms with van der Waals surface area (Å²) < 4.78 is 9.03. The number of ether oxygens (including phenoxy) is 1. The molecule has 5 aromatic rings. The van der Waals surface area contributed by atoms with E-state index in [4.69, 9.17) is 27.2 Å². The minimum Gasteiger partial charge on any atom is -0.497 e. The van der Waals surface area contributed by atoms with E-state index in [2.05, 4.69) is 0 Å². The van der Waals surface area contributed by atoms with Gasteiger partial charge in [0.2, 0.25) is 4.77 Å². The Kier molecular flexibility index (Phi) is 7.66. The highest BCUT2D eigenvalue weighted by atomic mass is 32.1. The molecule has 7 heteroatoms. The van der Waals surface area contributed by atoms with Gasteiger partial charge in [0.1, 0.15) is 5.75 Å². The van der Waals surface area contributed by atoms with Gasteiger partial charge in [0.05, 0.1) is 19.4 Å². The van der Waals surface area contributed by atoms with Gasteiger partial charge in [-0.2, -0.15) is 9.78 Å². The summed E-state index contributed by atoms with van der Waals surface area (Å²) >= 11 is 5.93. The van der Waals surface area contributed by atoms with Gasteiger partial charge in [-0.1, -0.05) is 91.0 Å². The van der Waals surface area contributed by atoms with Gasteiger partial charge in [-0.25, -0.2) is 4.68 Å². The summed E-state index contributed by atoms with van der Waals surface area (Å²) in [5.41, 5.74) is 3.35. The van der Waals surface area contributed by atoms with Crippen LogP contribution in [0, 0.1) is 4.77 Å². The van der Waals surface area contributed by atoms with Gasteiger partial charge in [0.15, 0.2) is 11.6 Å². The molecule has 1 aromatic heterocycles. The van der Waals surface area contributed by atoms with E-state index in [-0.39, 0.29) is 12.2 Å². The third-order valence-electron chi connectivity index (χ3n) is 6.20. The average molecular weight is 519 g/mol. The molecule has 0 N–H and O–H groups in total. The monoisotopic (exact) mass is 518 g/mol. The highest BCUT2D eigenvalue weighted by molar-refractivity contribution is 7.71. The summed E-state index contributed by atoms with van der Waals surface area (Å²) in [5, 5.41) is 9.65. The van der Waals surface area contributed by atoms with Gasteiger partial charge >= 0.3 is 0 Å². The number of aromatic nitrogens is 3. The van der Waals surface area contributed by atoms with Crippen LogP contribution in [0.3, 0.4) is 0 Å². The van der Waals surface area contributed by atoms with Crippen molar-refractivity contribution in [3.8, 4) is 17.1 Å². The highest BCUT2D eigenvalue weighted by Gasteiger charge is 2.24. The van der Waals surface area contributed by atoms with E-state index in [1.165, 1.54) is 0 Å². The number of rotatable bonds is 9. The standard InChI is InChI=1S/C31H26N4O2S/c1-37-27-19-17-23(18-20-27)22-32-35-30(26-15-9-4-10-16-26)33-34(31(35)38)28(24-11-5-2-6-12-24)21-29(36)25-13-7-3-8-14-25/h2-20,22,28H,21H2,1H3/b32-22+/t28-/m0/s1. The molecule has 0 saturated heterocycles. The van der Waals surface area contributed by atoms with Crippen molar-refractivity contribution in [3.63, 3.8) is 0 Å². The third kappa shape index (κ3) is 5.53. The van der Waals surface area contributed by atoms with Crippen molar-refractivity contribution in [2.45, 2.75) is 12.5 Å². The molecule has 1 heterocycles. The second-order valence-corrected chi connectivity index (χ2v) is 9.03. The second kappa shape index (κ2) is 11.6.